The fraction of sp³-hybridized carbons (Fsp3) is 0.464. The average Bonchev–Trinajstić information content (AvgIpc) is 3.38. The van der Waals surface area contributed by atoms with Crippen LogP contribution in [0, 0.1) is 18.3 Å². The van der Waals surface area contributed by atoms with E-state index in [1.807, 2.05) is 44.8 Å². The van der Waals surface area contributed by atoms with Crippen molar-refractivity contribution in [3.63, 3.8) is 0 Å². The molecule has 1 amide bonds. The number of carbonyl (C=O) groups is 1. The first-order chi connectivity index (χ1) is 18.3. The lowest BCUT2D eigenvalue weighted by atomic mass is 9.83. The van der Waals surface area contributed by atoms with Crippen molar-refractivity contribution in [2.45, 2.75) is 52.2 Å². The number of ether oxygens (including phenoxy) is 1. The molecule has 2 N–H and O–H groups in total. The summed E-state index contributed by atoms with van der Waals surface area (Å²) in [6.45, 7) is 10.7. The Balaban J connectivity index is 1.71. The summed E-state index contributed by atoms with van der Waals surface area (Å²) in [6.07, 6.45) is 1.09. The number of aliphatic hydroxyl groups is 1. The SMILES string of the molecule is Cc1cc(Nc2nccc(-c3cc(C#N)c4c(c3)[C@](C)(CO)CN4C(=O)OC(C)(C)C)n2)n(CCN(C)C)n1. The van der Waals surface area contributed by atoms with E-state index in [4.69, 9.17) is 9.72 Å². The zero-order valence-corrected chi connectivity index (χ0v) is 23.6. The van der Waals surface area contributed by atoms with Gasteiger partial charge in [-0.3, -0.25) is 4.90 Å². The normalized spacial score (nSPS) is 16.8. The number of likely N-dealkylation sites (N-methyl/N-ethyl adjacent to an activating group) is 1. The van der Waals surface area contributed by atoms with Crippen molar-refractivity contribution >= 4 is 23.5 Å². The first-order valence-electron chi connectivity index (χ1n) is 12.8. The summed E-state index contributed by atoms with van der Waals surface area (Å²) in [4.78, 5) is 25.7. The summed E-state index contributed by atoms with van der Waals surface area (Å²) in [5.74, 6) is 1.16. The molecule has 3 aromatic rings. The van der Waals surface area contributed by atoms with Crippen molar-refractivity contribution in [1.29, 1.82) is 5.26 Å². The van der Waals surface area contributed by atoms with Gasteiger partial charge in [-0.1, -0.05) is 6.92 Å². The summed E-state index contributed by atoms with van der Waals surface area (Å²) >= 11 is 0. The van der Waals surface area contributed by atoms with Crippen molar-refractivity contribution < 1.29 is 14.6 Å². The van der Waals surface area contributed by atoms with Crippen LogP contribution in [-0.4, -0.2) is 75.2 Å². The Hall–Kier alpha value is -4.01. The molecule has 11 nitrogen and oxygen atoms in total. The molecule has 3 heterocycles. The Morgan fingerprint density at radius 2 is 2.05 bits per heavy atom. The quantitative estimate of drug-likeness (QED) is 0.466. The van der Waals surface area contributed by atoms with Crippen LogP contribution in [-0.2, 0) is 16.7 Å². The number of carbonyl (C=O) groups excluding carboxylic acids is 1. The van der Waals surface area contributed by atoms with Crippen LogP contribution in [0.2, 0.25) is 0 Å². The number of anilines is 3. The van der Waals surface area contributed by atoms with Gasteiger partial charge >= 0.3 is 6.09 Å². The van der Waals surface area contributed by atoms with E-state index in [2.05, 4.69) is 26.4 Å². The molecule has 0 saturated heterocycles. The third-order valence-corrected chi connectivity index (χ3v) is 6.47. The molecule has 1 aliphatic rings. The predicted molar refractivity (Wildman–Crippen MR) is 149 cm³/mol. The molecule has 0 aliphatic carbocycles. The van der Waals surface area contributed by atoms with Crippen LogP contribution in [0.4, 0.5) is 22.2 Å². The molecule has 1 aromatic carbocycles. The number of nitrogens with zero attached hydrogens (tertiary/aromatic N) is 7. The largest absolute Gasteiger partial charge is 0.443 e. The van der Waals surface area contributed by atoms with E-state index < -0.39 is 17.1 Å². The molecule has 39 heavy (non-hydrogen) atoms. The topological polar surface area (TPSA) is 132 Å². The van der Waals surface area contributed by atoms with Crippen molar-refractivity contribution in [2.24, 2.45) is 0 Å². The maximum absolute atomic E-state index is 13.1. The Labute approximate surface area is 229 Å². The third-order valence-electron chi connectivity index (χ3n) is 6.47. The standard InChI is InChI=1S/C28H36N8O3/c1-18-12-23(36(33-18)11-10-34(6)7)32-25-30-9-8-22(31-25)19-13-20(15-29)24-21(14-19)28(5,17-37)16-35(24)26(38)39-27(2,3)4/h8-9,12-14,37H,10-11,16-17H2,1-7H3,(H,30,31,32)/t28-/m0/s1. The summed E-state index contributed by atoms with van der Waals surface area (Å²) < 4.78 is 7.48. The number of amides is 1. The van der Waals surface area contributed by atoms with Gasteiger partial charge in [0.15, 0.2) is 0 Å². The molecule has 206 valence electrons. The van der Waals surface area contributed by atoms with E-state index in [0.29, 0.717) is 40.6 Å². The van der Waals surface area contributed by atoms with Crippen molar-refractivity contribution in [2.75, 3.05) is 44.0 Å². The minimum Gasteiger partial charge on any atom is -0.443 e. The second kappa shape index (κ2) is 10.6. The van der Waals surface area contributed by atoms with E-state index in [-0.39, 0.29) is 13.2 Å². The fourth-order valence-electron chi connectivity index (χ4n) is 4.55. The molecule has 0 spiro atoms. The summed E-state index contributed by atoms with van der Waals surface area (Å²) in [5.41, 5.74) is 2.12. The molecule has 2 aromatic heterocycles. The zero-order valence-electron chi connectivity index (χ0n) is 23.6. The maximum Gasteiger partial charge on any atom is 0.414 e. The van der Waals surface area contributed by atoms with Gasteiger partial charge in [-0.15, -0.1) is 0 Å². The molecular weight excluding hydrogens is 496 g/mol. The Kier molecular flexibility index (Phi) is 7.63. The van der Waals surface area contributed by atoms with Gasteiger partial charge in [0.05, 0.1) is 35.8 Å². The van der Waals surface area contributed by atoms with Crippen LogP contribution in [0.1, 0.15) is 44.5 Å². The van der Waals surface area contributed by atoms with Gasteiger partial charge in [-0.2, -0.15) is 10.4 Å². The zero-order chi connectivity index (χ0) is 28.5. The van der Waals surface area contributed by atoms with Gasteiger partial charge in [0, 0.05) is 36.3 Å². The van der Waals surface area contributed by atoms with Crippen LogP contribution in [0.25, 0.3) is 11.3 Å². The number of hydrogen-bond acceptors (Lipinski definition) is 9. The first-order valence-corrected chi connectivity index (χ1v) is 12.8. The van der Waals surface area contributed by atoms with Crippen LogP contribution in [0.15, 0.2) is 30.5 Å². The van der Waals surface area contributed by atoms with E-state index >= 15 is 0 Å². The number of benzene rings is 1. The van der Waals surface area contributed by atoms with Crippen LogP contribution in [0.3, 0.4) is 0 Å². The van der Waals surface area contributed by atoms with E-state index in [1.165, 1.54) is 4.90 Å². The number of rotatable bonds is 7. The number of nitrogens with one attached hydrogen (secondary N) is 1. The molecule has 0 saturated carbocycles. The number of fused-ring (bicyclic) bond motifs is 1. The van der Waals surface area contributed by atoms with Gasteiger partial charge in [-0.25, -0.2) is 19.4 Å². The molecule has 0 bridgehead atoms. The lowest BCUT2D eigenvalue weighted by Gasteiger charge is -2.26. The first kappa shape index (κ1) is 28.0. The number of nitriles is 1. The second-order valence-corrected chi connectivity index (χ2v) is 11.4. The van der Waals surface area contributed by atoms with Gasteiger partial charge in [0.25, 0.3) is 0 Å². The number of aryl methyl sites for hydroxylation is 1. The van der Waals surface area contributed by atoms with E-state index in [0.717, 1.165) is 18.1 Å². The average molecular weight is 533 g/mol. The van der Waals surface area contributed by atoms with Gasteiger partial charge in [0.1, 0.15) is 17.5 Å². The highest BCUT2D eigenvalue weighted by atomic mass is 16.6. The van der Waals surface area contributed by atoms with Gasteiger partial charge in [0.2, 0.25) is 5.95 Å². The Bertz CT molecular complexity index is 1420. The number of aromatic nitrogens is 4. The summed E-state index contributed by atoms with van der Waals surface area (Å²) in [7, 11) is 4.02. The van der Waals surface area contributed by atoms with Crippen LogP contribution >= 0.6 is 0 Å². The monoisotopic (exact) mass is 532 g/mol. The number of hydrogen-bond donors (Lipinski definition) is 2. The molecule has 1 atom stereocenters. The predicted octanol–water partition coefficient (Wildman–Crippen LogP) is 3.83. The lowest BCUT2D eigenvalue weighted by molar-refractivity contribution is 0.0575. The van der Waals surface area contributed by atoms with Crippen molar-refractivity contribution in [3.8, 4) is 17.3 Å². The molecule has 0 radical (unpaired) electrons. The van der Waals surface area contributed by atoms with E-state index in [9.17, 15) is 15.2 Å². The van der Waals surface area contributed by atoms with Gasteiger partial charge in [-0.05, 0) is 65.6 Å². The highest BCUT2D eigenvalue weighted by Gasteiger charge is 2.44. The third kappa shape index (κ3) is 6.02. The summed E-state index contributed by atoms with van der Waals surface area (Å²) in [6, 6.07) is 9.52. The minimum atomic E-state index is -0.779. The fourth-order valence-corrected chi connectivity index (χ4v) is 4.55. The van der Waals surface area contributed by atoms with Crippen molar-refractivity contribution in [3.05, 3.63) is 47.3 Å². The molecule has 0 unspecified atom stereocenters. The Morgan fingerprint density at radius 3 is 2.69 bits per heavy atom. The lowest BCUT2D eigenvalue weighted by Crippen LogP contribution is -2.40. The Morgan fingerprint density at radius 1 is 1.31 bits per heavy atom. The molecule has 0 fully saturated rings. The number of aliphatic hydroxyl groups excluding tert-OH is 1. The molecule has 11 heteroatoms. The highest BCUT2D eigenvalue weighted by Crippen LogP contribution is 2.45. The minimum absolute atomic E-state index is 0.193. The van der Waals surface area contributed by atoms with Crippen LogP contribution in [0.5, 0.6) is 0 Å². The van der Waals surface area contributed by atoms with Crippen molar-refractivity contribution in [1.82, 2.24) is 24.6 Å². The maximum atomic E-state index is 13.1. The molecular formula is C28H36N8O3. The molecule has 1 aliphatic heterocycles. The van der Waals surface area contributed by atoms with Crippen LogP contribution < -0.4 is 10.2 Å². The highest BCUT2D eigenvalue weighted by molar-refractivity contribution is 5.95. The van der Waals surface area contributed by atoms with E-state index in [1.54, 1.807) is 39.1 Å². The smallest absolute Gasteiger partial charge is 0.414 e. The second-order valence-electron chi connectivity index (χ2n) is 11.4. The molecule has 4 rings (SSSR count). The summed E-state index contributed by atoms with van der Waals surface area (Å²) in [5, 5.41) is 28.2. The van der Waals surface area contributed by atoms with Gasteiger partial charge < -0.3 is 20.1 Å².